The van der Waals surface area contributed by atoms with E-state index in [0.29, 0.717) is 23.3 Å². The molecule has 0 fully saturated rings. The molecule has 4 N–H and O–H groups in total. The summed E-state index contributed by atoms with van der Waals surface area (Å²) in [6.45, 7) is 2.38. The van der Waals surface area contributed by atoms with Crippen molar-refractivity contribution in [3.8, 4) is 0 Å². The monoisotopic (exact) mass is 282 g/mol. The Morgan fingerprint density at radius 1 is 1.68 bits per heavy atom. The molecule has 0 saturated carbocycles. The van der Waals surface area contributed by atoms with Crippen LogP contribution in [0.15, 0.2) is 16.0 Å². The van der Waals surface area contributed by atoms with Gasteiger partial charge < -0.3 is 20.6 Å². The zero-order chi connectivity index (χ0) is 13.8. The zero-order valence-electron chi connectivity index (χ0n) is 10.3. The number of anilines is 1. The minimum absolute atomic E-state index is 0.335. The molecule has 2 rings (SSSR count). The highest BCUT2D eigenvalue weighted by atomic mass is 32.1. The summed E-state index contributed by atoms with van der Waals surface area (Å²) < 4.78 is 5.43. The van der Waals surface area contributed by atoms with E-state index in [0.717, 1.165) is 12.2 Å². The summed E-state index contributed by atoms with van der Waals surface area (Å²) in [5.74, 6) is 0.290. The number of nitrogens with two attached hydrogens (primary N) is 1. The molecule has 0 radical (unpaired) electrons. The van der Waals surface area contributed by atoms with Crippen molar-refractivity contribution in [3.05, 3.63) is 28.9 Å². The quantitative estimate of drug-likeness (QED) is 0.733. The van der Waals surface area contributed by atoms with Crippen LogP contribution in [0.3, 0.4) is 0 Å². The van der Waals surface area contributed by atoms with Crippen LogP contribution in [0.4, 0.5) is 5.13 Å². The smallest absolute Gasteiger partial charge is 0.326 e. The van der Waals surface area contributed by atoms with Gasteiger partial charge >= 0.3 is 5.97 Å². The number of aromatic nitrogens is 2. The lowest BCUT2D eigenvalue weighted by Crippen LogP contribution is -2.20. The summed E-state index contributed by atoms with van der Waals surface area (Å²) in [5, 5.41) is 14.0. The van der Waals surface area contributed by atoms with Crippen LogP contribution in [-0.4, -0.2) is 21.0 Å². The molecule has 19 heavy (non-hydrogen) atoms. The molecule has 0 aliphatic rings. The third-order valence-electron chi connectivity index (χ3n) is 2.45. The SMILES string of the molecule is CCc1cnc(CNc2nc(C(N)C(=O)O)cs2)o1. The highest BCUT2D eigenvalue weighted by Crippen LogP contribution is 2.20. The zero-order valence-corrected chi connectivity index (χ0v) is 11.1. The first-order chi connectivity index (χ1) is 9.10. The molecular weight excluding hydrogens is 268 g/mol. The number of aliphatic carboxylic acids is 1. The Bertz CT molecular complexity index is 566. The van der Waals surface area contributed by atoms with Crippen molar-refractivity contribution in [2.24, 2.45) is 5.73 Å². The fraction of sp³-hybridized carbons (Fsp3) is 0.364. The van der Waals surface area contributed by atoms with Crippen LogP contribution in [0.5, 0.6) is 0 Å². The van der Waals surface area contributed by atoms with E-state index in [9.17, 15) is 4.79 Å². The van der Waals surface area contributed by atoms with E-state index in [1.54, 1.807) is 11.6 Å². The fourth-order valence-electron chi connectivity index (χ4n) is 1.38. The van der Waals surface area contributed by atoms with Gasteiger partial charge in [0.25, 0.3) is 0 Å². The van der Waals surface area contributed by atoms with Gasteiger partial charge in [0.05, 0.1) is 18.4 Å². The van der Waals surface area contributed by atoms with Crippen molar-refractivity contribution >= 4 is 22.4 Å². The number of carboxylic acid groups (broad SMARTS) is 1. The minimum atomic E-state index is -1.10. The largest absolute Gasteiger partial charge is 0.480 e. The molecule has 0 aromatic carbocycles. The van der Waals surface area contributed by atoms with Gasteiger partial charge in [-0.3, -0.25) is 4.79 Å². The molecule has 0 bridgehead atoms. The predicted molar refractivity (Wildman–Crippen MR) is 69.9 cm³/mol. The maximum Gasteiger partial charge on any atom is 0.326 e. The van der Waals surface area contributed by atoms with Gasteiger partial charge in [0.1, 0.15) is 11.8 Å². The van der Waals surface area contributed by atoms with E-state index in [4.69, 9.17) is 15.3 Å². The van der Waals surface area contributed by atoms with E-state index >= 15 is 0 Å². The molecule has 1 unspecified atom stereocenters. The molecule has 2 aromatic heterocycles. The van der Waals surface area contributed by atoms with Crippen molar-refractivity contribution in [2.75, 3.05) is 5.32 Å². The van der Waals surface area contributed by atoms with Gasteiger partial charge in [-0.25, -0.2) is 9.97 Å². The van der Waals surface area contributed by atoms with Gasteiger partial charge in [-0.15, -0.1) is 11.3 Å². The normalized spacial score (nSPS) is 12.3. The molecular formula is C11H14N4O3S. The second kappa shape index (κ2) is 5.81. The number of hydrogen-bond acceptors (Lipinski definition) is 7. The first-order valence-electron chi connectivity index (χ1n) is 5.71. The van der Waals surface area contributed by atoms with Crippen LogP contribution in [0.25, 0.3) is 0 Å². The number of thiazole rings is 1. The summed E-state index contributed by atoms with van der Waals surface area (Å²) in [5.41, 5.74) is 5.80. The number of carbonyl (C=O) groups is 1. The lowest BCUT2D eigenvalue weighted by molar-refractivity contribution is -0.138. The van der Waals surface area contributed by atoms with Crippen LogP contribution >= 0.6 is 11.3 Å². The van der Waals surface area contributed by atoms with Crippen LogP contribution < -0.4 is 11.1 Å². The van der Waals surface area contributed by atoms with Crippen molar-refractivity contribution < 1.29 is 14.3 Å². The summed E-state index contributed by atoms with van der Waals surface area (Å²) in [4.78, 5) is 18.9. The molecule has 1 atom stereocenters. The number of hydrogen-bond donors (Lipinski definition) is 3. The highest BCUT2D eigenvalue weighted by Gasteiger charge is 2.17. The molecule has 0 aliphatic carbocycles. The van der Waals surface area contributed by atoms with Crippen molar-refractivity contribution in [1.82, 2.24) is 9.97 Å². The maximum absolute atomic E-state index is 10.7. The van der Waals surface area contributed by atoms with Crippen LogP contribution in [0.1, 0.15) is 30.3 Å². The third kappa shape index (κ3) is 3.30. The third-order valence-corrected chi connectivity index (χ3v) is 3.27. The number of nitrogens with zero attached hydrogens (tertiary/aromatic N) is 2. The van der Waals surface area contributed by atoms with Crippen LogP contribution in [-0.2, 0) is 17.8 Å². The first-order valence-corrected chi connectivity index (χ1v) is 6.59. The molecule has 102 valence electrons. The standard InChI is InChI=1S/C11H14N4O3S/c1-2-6-3-13-8(18-6)4-14-11-15-7(5-19-11)9(12)10(16)17/h3,5,9H,2,4,12H2,1H3,(H,14,15)(H,16,17). The molecule has 2 aromatic rings. The second-order valence-corrected chi connectivity index (χ2v) is 4.68. The lowest BCUT2D eigenvalue weighted by Gasteiger charge is -2.01. The van der Waals surface area contributed by atoms with E-state index in [-0.39, 0.29) is 0 Å². The van der Waals surface area contributed by atoms with Gasteiger partial charge in [-0.1, -0.05) is 6.92 Å². The predicted octanol–water partition coefficient (Wildman–Crippen LogP) is 1.39. The Labute approximate surface area is 113 Å². The summed E-state index contributed by atoms with van der Waals surface area (Å²) >= 11 is 1.29. The Morgan fingerprint density at radius 3 is 3.11 bits per heavy atom. The number of rotatable bonds is 6. The topological polar surface area (TPSA) is 114 Å². The van der Waals surface area contributed by atoms with Gasteiger partial charge in [0.2, 0.25) is 5.89 Å². The lowest BCUT2D eigenvalue weighted by atomic mass is 10.2. The average Bonchev–Trinajstić information content (AvgIpc) is 3.04. The Balaban J connectivity index is 1.95. The summed E-state index contributed by atoms with van der Waals surface area (Å²) in [6.07, 6.45) is 2.48. The number of oxazole rings is 1. The van der Waals surface area contributed by atoms with Gasteiger partial charge in [0, 0.05) is 11.8 Å². The highest BCUT2D eigenvalue weighted by molar-refractivity contribution is 7.13. The molecule has 0 saturated heterocycles. The average molecular weight is 282 g/mol. The van der Waals surface area contributed by atoms with Crippen molar-refractivity contribution in [2.45, 2.75) is 25.9 Å². The van der Waals surface area contributed by atoms with Crippen LogP contribution in [0.2, 0.25) is 0 Å². The molecule has 7 nitrogen and oxygen atoms in total. The number of aryl methyl sites for hydroxylation is 1. The number of nitrogens with one attached hydrogen (secondary N) is 1. The van der Waals surface area contributed by atoms with E-state index < -0.39 is 12.0 Å². The fourth-order valence-corrected chi connectivity index (χ4v) is 2.13. The van der Waals surface area contributed by atoms with E-state index in [2.05, 4.69) is 15.3 Å². The molecule has 0 aliphatic heterocycles. The van der Waals surface area contributed by atoms with Crippen molar-refractivity contribution in [3.63, 3.8) is 0 Å². The van der Waals surface area contributed by atoms with Crippen molar-refractivity contribution in [1.29, 1.82) is 0 Å². The minimum Gasteiger partial charge on any atom is -0.480 e. The number of carboxylic acids is 1. The van der Waals surface area contributed by atoms with E-state index in [1.807, 2.05) is 6.92 Å². The Hall–Kier alpha value is -1.93. The summed E-state index contributed by atoms with van der Waals surface area (Å²) in [6, 6.07) is -1.10. The molecule has 0 amide bonds. The first kappa shape index (κ1) is 13.5. The molecule has 8 heteroatoms. The van der Waals surface area contributed by atoms with E-state index in [1.165, 1.54) is 11.3 Å². The second-order valence-electron chi connectivity index (χ2n) is 3.82. The van der Waals surface area contributed by atoms with Gasteiger partial charge in [-0.2, -0.15) is 0 Å². The van der Waals surface area contributed by atoms with Gasteiger partial charge in [-0.05, 0) is 0 Å². The van der Waals surface area contributed by atoms with Gasteiger partial charge in [0.15, 0.2) is 5.13 Å². The van der Waals surface area contributed by atoms with Crippen LogP contribution in [0, 0.1) is 0 Å². The summed E-state index contributed by atoms with van der Waals surface area (Å²) in [7, 11) is 0. The molecule has 2 heterocycles. The Morgan fingerprint density at radius 2 is 2.47 bits per heavy atom. The molecule has 0 spiro atoms. The maximum atomic E-state index is 10.7. The Kier molecular flexibility index (Phi) is 4.13.